The van der Waals surface area contributed by atoms with E-state index in [1.54, 1.807) is 33.8 Å². The fourth-order valence-corrected chi connectivity index (χ4v) is 7.17. The maximum atomic E-state index is 16.8. The Morgan fingerprint density at radius 2 is 1.94 bits per heavy atom. The van der Waals surface area contributed by atoms with Crippen molar-refractivity contribution >= 4 is 51.2 Å². The van der Waals surface area contributed by atoms with Crippen molar-refractivity contribution in [3.05, 3.63) is 45.7 Å². The zero-order chi connectivity index (χ0) is 33.6. The molecule has 2 saturated heterocycles. The predicted molar refractivity (Wildman–Crippen MR) is 179 cm³/mol. The van der Waals surface area contributed by atoms with E-state index in [4.69, 9.17) is 37.7 Å². The summed E-state index contributed by atoms with van der Waals surface area (Å²) in [4.78, 5) is 21.6. The van der Waals surface area contributed by atoms with Gasteiger partial charge in [-0.3, -0.25) is 0 Å². The molecule has 13 heteroatoms. The number of carbonyl (C=O) groups is 1. The monoisotopic (exact) mass is 681 g/mol. The SMILES string of the molecule is Cc1c(Cl)cccc1-c1c(Cl)cc2c(nc(OC[C@@H]3CCCN3C)c3nnn([C@H]4CCN(C(=O)OC(C)(C)C)[C@H](CC#N)C4)c32)c1F. The van der Waals surface area contributed by atoms with Crippen molar-refractivity contribution in [3.63, 3.8) is 0 Å². The fourth-order valence-electron chi connectivity index (χ4n) is 6.70. The third-order valence-corrected chi connectivity index (χ3v) is 9.88. The number of aromatic nitrogens is 4. The van der Waals surface area contributed by atoms with Crippen molar-refractivity contribution < 1.29 is 18.7 Å². The molecule has 2 aromatic carbocycles. The molecule has 1 amide bonds. The van der Waals surface area contributed by atoms with Gasteiger partial charge in [0.05, 0.1) is 29.6 Å². The highest BCUT2D eigenvalue weighted by atomic mass is 35.5. The number of ether oxygens (including phenoxy) is 2. The molecule has 2 aliphatic heterocycles. The summed E-state index contributed by atoms with van der Waals surface area (Å²) in [6.07, 6.45) is 2.66. The first-order valence-electron chi connectivity index (χ1n) is 15.9. The number of piperidine rings is 1. The molecule has 10 nitrogen and oxygen atoms in total. The van der Waals surface area contributed by atoms with Crippen molar-refractivity contribution in [2.24, 2.45) is 0 Å². The van der Waals surface area contributed by atoms with Crippen LogP contribution < -0.4 is 4.74 Å². The first-order valence-corrected chi connectivity index (χ1v) is 16.6. The molecule has 2 fully saturated rings. The van der Waals surface area contributed by atoms with Crippen LogP contribution in [0.15, 0.2) is 24.3 Å². The number of fused-ring (bicyclic) bond motifs is 3. The third-order valence-electron chi connectivity index (χ3n) is 9.17. The van der Waals surface area contributed by atoms with E-state index in [0.717, 1.165) is 19.4 Å². The molecule has 47 heavy (non-hydrogen) atoms. The lowest BCUT2D eigenvalue weighted by atomic mass is 9.95. The van der Waals surface area contributed by atoms with Gasteiger partial charge in [-0.05, 0) is 90.2 Å². The van der Waals surface area contributed by atoms with Crippen LogP contribution in [0.4, 0.5) is 9.18 Å². The van der Waals surface area contributed by atoms with Crippen molar-refractivity contribution in [3.8, 4) is 23.1 Å². The van der Waals surface area contributed by atoms with Crippen LogP contribution in [0.3, 0.4) is 0 Å². The molecule has 0 bridgehead atoms. The largest absolute Gasteiger partial charge is 0.474 e. The molecular formula is C34H38Cl2FN7O3. The highest BCUT2D eigenvalue weighted by Gasteiger charge is 2.37. The molecule has 0 aliphatic carbocycles. The first kappa shape index (κ1) is 33.2. The number of likely N-dealkylation sites (N-methyl/N-ethyl adjacent to an activating group) is 1. The number of nitrogens with zero attached hydrogens (tertiary/aromatic N) is 7. The Morgan fingerprint density at radius 1 is 1.15 bits per heavy atom. The van der Waals surface area contributed by atoms with E-state index in [1.165, 1.54) is 0 Å². The van der Waals surface area contributed by atoms with Crippen LogP contribution in [0.2, 0.25) is 10.0 Å². The molecule has 0 saturated carbocycles. The molecule has 6 rings (SSSR count). The minimum Gasteiger partial charge on any atom is -0.474 e. The van der Waals surface area contributed by atoms with Gasteiger partial charge in [-0.25, -0.2) is 18.9 Å². The zero-order valence-electron chi connectivity index (χ0n) is 27.2. The molecule has 0 unspecified atom stereocenters. The number of likely N-dealkylation sites (tertiary alicyclic amines) is 2. The van der Waals surface area contributed by atoms with Gasteiger partial charge in [0, 0.05) is 28.6 Å². The number of nitriles is 1. The van der Waals surface area contributed by atoms with E-state index >= 15 is 4.39 Å². The number of hydrogen-bond donors (Lipinski definition) is 0. The average Bonchev–Trinajstić information content (AvgIpc) is 3.64. The molecule has 4 heterocycles. The van der Waals surface area contributed by atoms with Crippen molar-refractivity contribution in [2.75, 3.05) is 26.7 Å². The lowest BCUT2D eigenvalue weighted by Gasteiger charge is -2.39. The quantitative estimate of drug-likeness (QED) is 0.203. The Hall–Kier alpha value is -3.72. The fraction of sp³-hybridized carbons (Fsp3) is 0.500. The Bertz CT molecular complexity index is 1890. The Morgan fingerprint density at radius 3 is 2.64 bits per heavy atom. The number of pyridine rings is 1. The number of hydrogen-bond acceptors (Lipinski definition) is 8. The average molecular weight is 683 g/mol. The second-order valence-electron chi connectivity index (χ2n) is 13.5. The van der Waals surface area contributed by atoms with E-state index in [-0.39, 0.29) is 40.5 Å². The number of benzene rings is 2. The molecular weight excluding hydrogens is 644 g/mol. The minimum atomic E-state index is -0.672. The van der Waals surface area contributed by atoms with Crippen LogP contribution >= 0.6 is 23.2 Å². The van der Waals surface area contributed by atoms with Gasteiger partial charge >= 0.3 is 6.09 Å². The topological polar surface area (TPSA) is 109 Å². The van der Waals surface area contributed by atoms with Crippen LogP contribution in [0, 0.1) is 24.1 Å². The van der Waals surface area contributed by atoms with Gasteiger partial charge < -0.3 is 19.3 Å². The van der Waals surface area contributed by atoms with Crippen LogP contribution in [0.5, 0.6) is 5.88 Å². The van der Waals surface area contributed by atoms with Gasteiger partial charge in [0.25, 0.3) is 0 Å². The predicted octanol–water partition coefficient (Wildman–Crippen LogP) is 7.73. The lowest BCUT2D eigenvalue weighted by Crippen LogP contribution is -2.48. The van der Waals surface area contributed by atoms with Gasteiger partial charge in [-0.2, -0.15) is 5.26 Å². The van der Waals surface area contributed by atoms with Crippen molar-refractivity contribution in [2.45, 2.75) is 83.5 Å². The smallest absolute Gasteiger partial charge is 0.410 e. The summed E-state index contributed by atoms with van der Waals surface area (Å²) < 4.78 is 30.5. The second-order valence-corrected chi connectivity index (χ2v) is 14.3. The first-order chi connectivity index (χ1) is 22.4. The normalized spacial score (nSPS) is 20.6. The summed E-state index contributed by atoms with van der Waals surface area (Å²) in [7, 11) is 2.06. The standard InChI is InChI=1S/C34H38Cl2FN7O3/c1-19-23(9-6-10-25(19)35)27-26(36)17-24-29(28(27)37)39-32(46-18-22-8-7-14-42(22)5)30-31(24)44(41-40-30)21-12-15-43(20(16-21)11-13-38)33(45)47-34(2,3)4/h6,9-10,17,20-22H,7-8,11-12,14-16,18H2,1-5H3/t20-,21+,22+/m1/s1. The highest BCUT2D eigenvalue weighted by molar-refractivity contribution is 6.35. The Labute approximate surface area is 283 Å². The molecule has 0 spiro atoms. The van der Waals surface area contributed by atoms with Gasteiger partial charge in [0.1, 0.15) is 23.2 Å². The van der Waals surface area contributed by atoms with E-state index in [9.17, 15) is 10.1 Å². The molecule has 4 aromatic rings. The highest BCUT2D eigenvalue weighted by Crippen LogP contribution is 2.42. The summed E-state index contributed by atoms with van der Waals surface area (Å²) >= 11 is 13.3. The van der Waals surface area contributed by atoms with Gasteiger partial charge in [0.15, 0.2) is 11.3 Å². The van der Waals surface area contributed by atoms with Gasteiger partial charge in [-0.15, -0.1) is 5.10 Å². The van der Waals surface area contributed by atoms with Gasteiger partial charge in [-0.1, -0.05) is 40.5 Å². The summed E-state index contributed by atoms with van der Waals surface area (Å²) in [5.41, 5.74) is 1.80. The van der Waals surface area contributed by atoms with Crippen LogP contribution in [-0.4, -0.2) is 80.3 Å². The lowest BCUT2D eigenvalue weighted by molar-refractivity contribution is 0.00557. The molecule has 0 N–H and O–H groups in total. The van der Waals surface area contributed by atoms with Crippen molar-refractivity contribution in [1.82, 2.24) is 29.8 Å². The molecule has 248 valence electrons. The summed E-state index contributed by atoms with van der Waals surface area (Å²) in [5.74, 6) is -0.411. The molecule has 0 radical (unpaired) electrons. The van der Waals surface area contributed by atoms with Crippen LogP contribution in [-0.2, 0) is 4.74 Å². The maximum absolute atomic E-state index is 16.8. The van der Waals surface area contributed by atoms with Crippen LogP contribution in [0.1, 0.15) is 64.5 Å². The summed E-state index contributed by atoms with van der Waals surface area (Å²) in [5, 5.41) is 19.8. The van der Waals surface area contributed by atoms with E-state index in [2.05, 4.69) is 28.3 Å². The van der Waals surface area contributed by atoms with E-state index < -0.39 is 23.6 Å². The molecule has 2 aromatic heterocycles. The zero-order valence-corrected chi connectivity index (χ0v) is 28.7. The van der Waals surface area contributed by atoms with Gasteiger partial charge in [0.2, 0.25) is 5.88 Å². The summed E-state index contributed by atoms with van der Waals surface area (Å²) in [6, 6.07) is 8.73. The molecule has 2 aliphatic rings. The summed E-state index contributed by atoms with van der Waals surface area (Å²) in [6.45, 7) is 8.95. The second kappa shape index (κ2) is 13.1. The van der Waals surface area contributed by atoms with E-state index in [1.807, 2.05) is 27.7 Å². The minimum absolute atomic E-state index is 0.0781. The van der Waals surface area contributed by atoms with Crippen molar-refractivity contribution in [1.29, 1.82) is 5.26 Å². The van der Waals surface area contributed by atoms with Crippen LogP contribution in [0.25, 0.3) is 33.1 Å². The number of carbonyl (C=O) groups excluding carboxylic acids is 1. The third kappa shape index (κ3) is 6.43. The Kier molecular flexibility index (Phi) is 9.22. The van der Waals surface area contributed by atoms with E-state index in [0.29, 0.717) is 58.6 Å². The number of rotatable bonds is 6. The number of halogens is 3. The number of amides is 1. The maximum Gasteiger partial charge on any atom is 0.410 e. The molecule has 3 atom stereocenters. The Balaban J connectivity index is 1.47.